The van der Waals surface area contributed by atoms with Crippen LogP contribution in [0.15, 0.2) is 18.2 Å². The van der Waals surface area contributed by atoms with Crippen molar-refractivity contribution in [1.82, 2.24) is 14.8 Å². The number of aryl methyl sites for hydroxylation is 1. The molecular formula is C17H21N3O2. The Hall–Kier alpha value is -2.04. The number of benzene rings is 1. The number of methoxy groups -OCH3 is 1. The summed E-state index contributed by atoms with van der Waals surface area (Å²) in [5.41, 5.74) is 1.07. The number of rotatable bonds is 6. The van der Waals surface area contributed by atoms with E-state index < -0.39 is 0 Å². The molecule has 2 aliphatic carbocycles. The Morgan fingerprint density at radius 1 is 1.18 bits per heavy atom. The molecule has 2 fully saturated rings. The van der Waals surface area contributed by atoms with Crippen molar-refractivity contribution in [3.05, 3.63) is 35.4 Å². The molecule has 0 radical (unpaired) electrons. The molecule has 4 rings (SSSR count). The van der Waals surface area contributed by atoms with Gasteiger partial charge in [-0.05, 0) is 56.4 Å². The summed E-state index contributed by atoms with van der Waals surface area (Å²) in [4.78, 5) is 0. The van der Waals surface area contributed by atoms with E-state index in [1.165, 1.54) is 31.5 Å². The van der Waals surface area contributed by atoms with Crippen molar-refractivity contribution >= 4 is 0 Å². The van der Waals surface area contributed by atoms with E-state index in [9.17, 15) is 0 Å². The summed E-state index contributed by atoms with van der Waals surface area (Å²) < 4.78 is 13.5. The molecule has 0 atom stereocenters. The number of hydrogen-bond donors (Lipinski definition) is 0. The Labute approximate surface area is 130 Å². The van der Waals surface area contributed by atoms with Crippen LogP contribution in [0.5, 0.6) is 11.5 Å². The van der Waals surface area contributed by atoms with E-state index in [4.69, 9.17) is 9.47 Å². The van der Waals surface area contributed by atoms with Crippen LogP contribution in [0.2, 0.25) is 0 Å². The normalized spacial score (nSPS) is 17.5. The lowest BCUT2D eigenvalue weighted by Crippen LogP contribution is -2.08. The molecule has 2 aliphatic rings. The largest absolute Gasteiger partial charge is 0.496 e. The molecule has 1 aromatic carbocycles. The zero-order valence-corrected chi connectivity index (χ0v) is 13.1. The summed E-state index contributed by atoms with van der Waals surface area (Å²) in [6.07, 6.45) is 4.99. The van der Waals surface area contributed by atoms with Crippen LogP contribution in [0.25, 0.3) is 0 Å². The summed E-state index contributed by atoms with van der Waals surface area (Å²) in [5, 5.41) is 8.78. The molecule has 5 nitrogen and oxygen atoms in total. The van der Waals surface area contributed by atoms with Gasteiger partial charge >= 0.3 is 0 Å². The van der Waals surface area contributed by atoms with Crippen LogP contribution < -0.4 is 9.47 Å². The first-order valence-electron chi connectivity index (χ1n) is 7.97. The lowest BCUT2D eigenvalue weighted by Gasteiger charge is -2.11. The Morgan fingerprint density at radius 3 is 2.64 bits per heavy atom. The Bertz CT molecular complexity index is 687. The average Bonchev–Trinajstić information content (AvgIpc) is 3.44. The number of hydrogen-bond acceptors (Lipinski definition) is 4. The predicted octanol–water partition coefficient (Wildman–Crippen LogP) is 3.39. The van der Waals surface area contributed by atoms with Crippen molar-refractivity contribution in [2.75, 3.05) is 7.11 Å². The molecule has 116 valence electrons. The third-order valence-corrected chi connectivity index (χ3v) is 4.38. The van der Waals surface area contributed by atoms with Crippen molar-refractivity contribution in [2.45, 2.75) is 51.2 Å². The molecule has 1 heterocycles. The molecule has 0 unspecified atom stereocenters. The maximum Gasteiger partial charge on any atom is 0.171 e. The molecule has 5 heteroatoms. The van der Waals surface area contributed by atoms with Gasteiger partial charge in [0.05, 0.1) is 7.11 Å². The van der Waals surface area contributed by atoms with Gasteiger partial charge in [-0.15, -0.1) is 10.2 Å². The van der Waals surface area contributed by atoms with Gasteiger partial charge in [0.15, 0.2) is 5.82 Å². The Morgan fingerprint density at radius 2 is 2.00 bits per heavy atom. The van der Waals surface area contributed by atoms with Crippen LogP contribution in [0, 0.1) is 6.92 Å². The average molecular weight is 299 g/mol. The Balaban J connectivity index is 1.50. The van der Waals surface area contributed by atoms with E-state index in [0.717, 1.165) is 22.9 Å². The van der Waals surface area contributed by atoms with Crippen molar-refractivity contribution in [2.24, 2.45) is 0 Å². The van der Waals surface area contributed by atoms with Gasteiger partial charge in [0.2, 0.25) is 0 Å². The second-order valence-electron chi connectivity index (χ2n) is 6.27. The topological polar surface area (TPSA) is 49.2 Å². The minimum Gasteiger partial charge on any atom is -0.496 e. The van der Waals surface area contributed by atoms with Crippen molar-refractivity contribution < 1.29 is 9.47 Å². The quantitative estimate of drug-likeness (QED) is 0.820. The third kappa shape index (κ3) is 2.56. The van der Waals surface area contributed by atoms with E-state index in [-0.39, 0.29) is 0 Å². The summed E-state index contributed by atoms with van der Waals surface area (Å²) >= 11 is 0. The lowest BCUT2D eigenvalue weighted by molar-refractivity contribution is 0.287. The van der Waals surface area contributed by atoms with Crippen molar-refractivity contribution in [1.29, 1.82) is 0 Å². The molecule has 2 saturated carbocycles. The molecule has 1 aromatic heterocycles. The molecule has 0 spiro atoms. The van der Waals surface area contributed by atoms with Crippen molar-refractivity contribution in [3.8, 4) is 11.5 Å². The fraction of sp³-hybridized carbons (Fsp3) is 0.529. The monoisotopic (exact) mass is 299 g/mol. The first-order chi connectivity index (χ1) is 10.8. The highest BCUT2D eigenvalue weighted by Crippen LogP contribution is 2.44. The highest BCUT2D eigenvalue weighted by molar-refractivity contribution is 5.39. The second kappa shape index (κ2) is 5.30. The highest BCUT2D eigenvalue weighted by atomic mass is 16.5. The minimum atomic E-state index is 0.474. The Kier molecular flexibility index (Phi) is 3.28. The number of aromatic nitrogens is 3. The molecular weight excluding hydrogens is 278 g/mol. The van der Waals surface area contributed by atoms with Gasteiger partial charge in [0.1, 0.15) is 23.9 Å². The highest BCUT2D eigenvalue weighted by Gasteiger charge is 2.36. The van der Waals surface area contributed by atoms with E-state index in [1.807, 2.05) is 25.1 Å². The van der Waals surface area contributed by atoms with Gasteiger partial charge in [-0.1, -0.05) is 0 Å². The molecule has 0 amide bonds. The molecule has 0 aliphatic heterocycles. The third-order valence-electron chi connectivity index (χ3n) is 4.38. The van der Waals surface area contributed by atoms with Gasteiger partial charge in [-0.25, -0.2) is 0 Å². The second-order valence-corrected chi connectivity index (χ2v) is 6.27. The van der Waals surface area contributed by atoms with Crippen LogP contribution in [-0.4, -0.2) is 21.9 Å². The summed E-state index contributed by atoms with van der Waals surface area (Å²) in [6, 6.07) is 6.47. The van der Waals surface area contributed by atoms with Gasteiger partial charge in [-0.3, -0.25) is 0 Å². The first kappa shape index (κ1) is 13.6. The fourth-order valence-corrected chi connectivity index (χ4v) is 2.87. The van der Waals surface area contributed by atoms with Gasteiger partial charge in [0, 0.05) is 12.0 Å². The molecule has 2 aromatic rings. The smallest absolute Gasteiger partial charge is 0.171 e. The number of nitrogens with zero attached hydrogens (tertiary/aromatic N) is 3. The first-order valence-corrected chi connectivity index (χ1v) is 7.97. The summed E-state index contributed by atoms with van der Waals surface area (Å²) in [5.74, 6) is 4.48. The zero-order valence-electron chi connectivity index (χ0n) is 13.1. The SMILES string of the molecule is COc1ccc(OCc2nnc(C3CC3)n2C2CC2)cc1C. The van der Waals surface area contributed by atoms with Gasteiger partial charge < -0.3 is 14.0 Å². The van der Waals surface area contributed by atoms with Crippen molar-refractivity contribution in [3.63, 3.8) is 0 Å². The summed E-state index contributed by atoms with van der Waals surface area (Å²) in [6.45, 7) is 2.49. The van der Waals surface area contributed by atoms with Crippen LogP contribution in [-0.2, 0) is 6.61 Å². The van der Waals surface area contributed by atoms with Gasteiger partial charge in [0.25, 0.3) is 0 Å². The fourth-order valence-electron chi connectivity index (χ4n) is 2.87. The van der Waals surface area contributed by atoms with Crippen LogP contribution in [0.1, 0.15) is 54.9 Å². The zero-order chi connectivity index (χ0) is 15.1. The molecule has 0 saturated heterocycles. The maximum atomic E-state index is 5.93. The molecule has 0 bridgehead atoms. The molecule has 22 heavy (non-hydrogen) atoms. The van der Waals surface area contributed by atoms with Gasteiger partial charge in [-0.2, -0.15) is 0 Å². The number of ether oxygens (including phenoxy) is 2. The van der Waals surface area contributed by atoms with Crippen LogP contribution >= 0.6 is 0 Å². The molecule has 0 N–H and O–H groups in total. The van der Waals surface area contributed by atoms with Crippen LogP contribution in [0.4, 0.5) is 0 Å². The lowest BCUT2D eigenvalue weighted by atomic mass is 10.2. The van der Waals surface area contributed by atoms with E-state index in [2.05, 4.69) is 14.8 Å². The van der Waals surface area contributed by atoms with E-state index in [1.54, 1.807) is 7.11 Å². The van der Waals surface area contributed by atoms with E-state index in [0.29, 0.717) is 18.6 Å². The van der Waals surface area contributed by atoms with Crippen LogP contribution in [0.3, 0.4) is 0 Å². The standard InChI is InChI=1S/C17H21N3O2/c1-11-9-14(7-8-15(11)21-2)22-10-16-18-19-17(12-3-4-12)20(16)13-5-6-13/h7-9,12-13H,3-6,10H2,1-2H3. The minimum absolute atomic E-state index is 0.474. The summed E-state index contributed by atoms with van der Waals surface area (Å²) in [7, 11) is 1.68. The predicted molar refractivity (Wildman–Crippen MR) is 82.3 cm³/mol. The van der Waals surface area contributed by atoms with E-state index >= 15 is 0 Å². The maximum absolute atomic E-state index is 5.93.